The summed E-state index contributed by atoms with van der Waals surface area (Å²) in [5.74, 6) is 1.97. The summed E-state index contributed by atoms with van der Waals surface area (Å²) < 4.78 is 5.19. The molecule has 1 N–H and O–H groups in total. The Kier molecular flexibility index (Phi) is 5.30. The molecule has 2 aromatic rings. The highest BCUT2D eigenvalue weighted by atomic mass is 32.2. The standard InChI is InChI=1S/C14H15NO2S2/c1-17-13-5-3-2-4-12(13)15-14(16)10-19-9-11-6-7-18-8-11/h2-8H,9-10H2,1H3,(H,15,16). The minimum atomic E-state index is -0.00951. The lowest BCUT2D eigenvalue weighted by molar-refractivity contribution is -0.113. The highest BCUT2D eigenvalue weighted by Gasteiger charge is 2.06. The van der Waals surface area contributed by atoms with E-state index >= 15 is 0 Å². The largest absolute Gasteiger partial charge is 0.495 e. The molecule has 100 valence electrons. The monoisotopic (exact) mass is 293 g/mol. The molecule has 5 heteroatoms. The molecule has 0 bridgehead atoms. The van der Waals surface area contributed by atoms with Crippen LogP contribution in [0.1, 0.15) is 5.56 Å². The third-order valence-corrected chi connectivity index (χ3v) is 4.20. The summed E-state index contributed by atoms with van der Waals surface area (Å²) in [4.78, 5) is 11.8. The molecule has 0 aliphatic heterocycles. The summed E-state index contributed by atoms with van der Waals surface area (Å²) >= 11 is 3.28. The quantitative estimate of drug-likeness (QED) is 0.884. The van der Waals surface area contributed by atoms with E-state index in [0.29, 0.717) is 17.2 Å². The minimum Gasteiger partial charge on any atom is -0.495 e. The predicted molar refractivity (Wildman–Crippen MR) is 82.1 cm³/mol. The maximum Gasteiger partial charge on any atom is 0.234 e. The molecule has 0 fully saturated rings. The van der Waals surface area contributed by atoms with Crippen molar-refractivity contribution in [2.75, 3.05) is 18.2 Å². The van der Waals surface area contributed by atoms with E-state index in [1.165, 1.54) is 5.56 Å². The number of anilines is 1. The van der Waals surface area contributed by atoms with Crippen molar-refractivity contribution in [3.8, 4) is 5.75 Å². The van der Waals surface area contributed by atoms with Crippen molar-refractivity contribution in [2.45, 2.75) is 5.75 Å². The van der Waals surface area contributed by atoms with Gasteiger partial charge < -0.3 is 10.1 Å². The highest BCUT2D eigenvalue weighted by molar-refractivity contribution is 7.99. The lowest BCUT2D eigenvalue weighted by atomic mass is 10.3. The molecular weight excluding hydrogens is 278 g/mol. The van der Waals surface area contributed by atoms with Crippen molar-refractivity contribution in [3.63, 3.8) is 0 Å². The summed E-state index contributed by atoms with van der Waals surface area (Å²) in [6, 6.07) is 9.49. The fourth-order valence-corrected chi connectivity index (χ4v) is 3.12. The molecule has 0 saturated heterocycles. The number of carbonyl (C=O) groups is 1. The molecule has 0 unspecified atom stereocenters. The van der Waals surface area contributed by atoms with Crippen molar-refractivity contribution < 1.29 is 9.53 Å². The Morgan fingerprint density at radius 1 is 1.37 bits per heavy atom. The molecule has 0 saturated carbocycles. The van der Waals surface area contributed by atoms with E-state index in [9.17, 15) is 4.79 Å². The fraction of sp³-hybridized carbons (Fsp3) is 0.214. The van der Waals surface area contributed by atoms with Crippen molar-refractivity contribution in [1.82, 2.24) is 0 Å². The smallest absolute Gasteiger partial charge is 0.234 e. The predicted octanol–water partition coefficient (Wildman–Crippen LogP) is 3.63. The normalized spacial score (nSPS) is 10.2. The van der Waals surface area contributed by atoms with E-state index in [1.807, 2.05) is 29.6 Å². The lowest BCUT2D eigenvalue weighted by Crippen LogP contribution is -2.14. The molecule has 1 aromatic carbocycles. The average molecular weight is 293 g/mol. The second-order valence-electron chi connectivity index (χ2n) is 3.87. The first kappa shape index (κ1) is 14.0. The van der Waals surface area contributed by atoms with E-state index in [2.05, 4.69) is 16.8 Å². The molecule has 1 amide bonds. The molecule has 1 heterocycles. The van der Waals surface area contributed by atoms with Crippen LogP contribution in [0.3, 0.4) is 0 Å². The Morgan fingerprint density at radius 3 is 2.95 bits per heavy atom. The number of thioether (sulfide) groups is 1. The average Bonchev–Trinajstić information content (AvgIpc) is 2.92. The van der Waals surface area contributed by atoms with Crippen LogP contribution in [0, 0.1) is 0 Å². The number of hydrogen-bond acceptors (Lipinski definition) is 4. The molecular formula is C14H15NO2S2. The zero-order valence-electron chi connectivity index (χ0n) is 10.6. The Morgan fingerprint density at radius 2 is 2.21 bits per heavy atom. The number of rotatable bonds is 6. The number of thiophene rings is 1. The summed E-state index contributed by atoms with van der Waals surface area (Å²) in [5, 5.41) is 7.01. The van der Waals surface area contributed by atoms with Crippen molar-refractivity contribution in [2.24, 2.45) is 0 Å². The summed E-state index contributed by atoms with van der Waals surface area (Å²) in [7, 11) is 1.59. The van der Waals surface area contributed by atoms with Gasteiger partial charge in [0.05, 0.1) is 18.6 Å². The van der Waals surface area contributed by atoms with Gasteiger partial charge in [-0.2, -0.15) is 11.3 Å². The van der Waals surface area contributed by atoms with Crippen molar-refractivity contribution >= 4 is 34.7 Å². The van der Waals surface area contributed by atoms with Gasteiger partial charge in [-0.1, -0.05) is 12.1 Å². The van der Waals surface area contributed by atoms with E-state index in [4.69, 9.17) is 4.74 Å². The number of nitrogens with one attached hydrogen (secondary N) is 1. The van der Waals surface area contributed by atoms with Crippen LogP contribution >= 0.6 is 23.1 Å². The minimum absolute atomic E-state index is 0.00951. The van der Waals surface area contributed by atoms with E-state index in [0.717, 1.165) is 5.75 Å². The van der Waals surface area contributed by atoms with Gasteiger partial charge >= 0.3 is 0 Å². The maximum absolute atomic E-state index is 11.8. The van der Waals surface area contributed by atoms with Crippen molar-refractivity contribution in [3.05, 3.63) is 46.7 Å². The van der Waals surface area contributed by atoms with Crippen LogP contribution in [0.2, 0.25) is 0 Å². The number of benzene rings is 1. The van der Waals surface area contributed by atoms with Gasteiger partial charge in [0.2, 0.25) is 5.91 Å². The topological polar surface area (TPSA) is 38.3 Å². The van der Waals surface area contributed by atoms with Gasteiger partial charge in [-0.25, -0.2) is 0 Å². The van der Waals surface area contributed by atoms with Crippen LogP contribution in [-0.4, -0.2) is 18.8 Å². The zero-order chi connectivity index (χ0) is 13.5. The van der Waals surface area contributed by atoms with Crippen LogP contribution < -0.4 is 10.1 Å². The van der Waals surface area contributed by atoms with E-state index < -0.39 is 0 Å². The first-order chi connectivity index (χ1) is 9.29. The van der Waals surface area contributed by atoms with E-state index in [1.54, 1.807) is 30.2 Å². The molecule has 3 nitrogen and oxygen atoms in total. The summed E-state index contributed by atoms with van der Waals surface area (Å²) in [6.07, 6.45) is 0. The van der Waals surface area contributed by atoms with Crippen LogP contribution in [0.4, 0.5) is 5.69 Å². The second-order valence-corrected chi connectivity index (χ2v) is 5.64. The van der Waals surface area contributed by atoms with Crippen LogP contribution in [0.25, 0.3) is 0 Å². The van der Waals surface area contributed by atoms with Gasteiger partial charge in [-0.15, -0.1) is 11.8 Å². The molecule has 0 spiro atoms. The summed E-state index contributed by atoms with van der Waals surface area (Å²) in [5.41, 5.74) is 1.98. The third kappa shape index (κ3) is 4.29. The van der Waals surface area contributed by atoms with Gasteiger partial charge in [0.25, 0.3) is 0 Å². The van der Waals surface area contributed by atoms with Crippen LogP contribution in [-0.2, 0) is 10.5 Å². The molecule has 0 aliphatic rings. The molecule has 2 rings (SSSR count). The number of methoxy groups -OCH3 is 1. The Labute approximate surface area is 121 Å². The first-order valence-corrected chi connectivity index (χ1v) is 7.91. The molecule has 1 aromatic heterocycles. The van der Waals surface area contributed by atoms with Gasteiger partial charge in [0.1, 0.15) is 5.75 Å². The number of para-hydroxylation sites is 2. The Bertz CT molecular complexity index is 526. The maximum atomic E-state index is 11.8. The number of amides is 1. The Balaban J connectivity index is 1.80. The Hall–Kier alpha value is -1.46. The molecule has 0 radical (unpaired) electrons. The highest BCUT2D eigenvalue weighted by Crippen LogP contribution is 2.23. The lowest BCUT2D eigenvalue weighted by Gasteiger charge is -2.09. The third-order valence-electron chi connectivity index (χ3n) is 2.46. The van der Waals surface area contributed by atoms with Gasteiger partial charge in [0.15, 0.2) is 0 Å². The fourth-order valence-electron chi connectivity index (χ4n) is 1.57. The summed E-state index contributed by atoms with van der Waals surface area (Å²) in [6.45, 7) is 0. The van der Waals surface area contributed by atoms with Crippen LogP contribution in [0.5, 0.6) is 5.75 Å². The number of carbonyl (C=O) groups excluding carboxylic acids is 1. The van der Waals surface area contributed by atoms with E-state index in [-0.39, 0.29) is 5.91 Å². The number of ether oxygens (including phenoxy) is 1. The molecule has 0 atom stereocenters. The van der Waals surface area contributed by atoms with Crippen molar-refractivity contribution in [1.29, 1.82) is 0 Å². The second kappa shape index (κ2) is 7.21. The SMILES string of the molecule is COc1ccccc1NC(=O)CSCc1ccsc1. The van der Waals surface area contributed by atoms with Gasteiger partial charge in [0, 0.05) is 5.75 Å². The molecule has 19 heavy (non-hydrogen) atoms. The van der Waals surface area contributed by atoms with Gasteiger partial charge in [-0.3, -0.25) is 4.79 Å². The van der Waals surface area contributed by atoms with Crippen LogP contribution in [0.15, 0.2) is 41.1 Å². The first-order valence-electron chi connectivity index (χ1n) is 5.81. The van der Waals surface area contributed by atoms with Gasteiger partial charge in [-0.05, 0) is 34.5 Å². The molecule has 0 aliphatic carbocycles. The number of hydrogen-bond donors (Lipinski definition) is 1. The zero-order valence-corrected chi connectivity index (χ0v) is 12.2.